The van der Waals surface area contributed by atoms with Crippen molar-refractivity contribution in [2.75, 3.05) is 4.90 Å². The summed E-state index contributed by atoms with van der Waals surface area (Å²) < 4.78 is 0. The van der Waals surface area contributed by atoms with Crippen molar-refractivity contribution < 1.29 is 19.5 Å². The largest absolute Gasteiger partial charge is 0.478 e. The second-order valence-corrected chi connectivity index (χ2v) is 6.29. The number of carbonyl (C=O) groups is 3. The summed E-state index contributed by atoms with van der Waals surface area (Å²) in [5, 5.41) is 8.53. The Labute approximate surface area is 155 Å². The second-order valence-electron chi connectivity index (χ2n) is 4.77. The average molecular weight is 405 g/mol. The molecule has 0 aromatic heterocycles. The predicted molar refractivity (Wildman–Crippen MR) is 91.0 cm³/mol. The number of amides is 2. The molecular formula is C15H5Cl4NO4. The number of benzene rings is 2. The average Bonchev–Trinajstić information content (AvgIpc) is 2.81. The van der Waals surface area contributed by atoms with Gasteiger partial charge in [0, 0.05) is 0 Å². The van der Waals surface area contributed by atoms with Gasteiger partial charge in [-0.1, -0.05) is 58.5 Å². The molecule has 1 aliphatic rings. The van der Waals surface area contributed by atoms with Crippen molar-refractivity contribution >= 4 is 69.9 Å². The van der Waals surface area contributed by atoms with E-state index in [2.05, 4.69) is 0 Å². The monoisotopic (exact) mass is 403 g/mol. The Morgan fingerprint density at radius 2 is 1.29 bits per heavy atom. The number of rotatable bonds is 2. The molecule has 5 nitrogen and oxygen atoms in total. The lowest BCUT2D eigenvalue weighted by Gasteiger charge is -2.16. The zero-order valence-corrected chi connectivity index (χ0v) is 14.5. The van der Waals surface area contributed by atoms with Crippen LogP contribution in [-0.2, 0) is 0 Å². The maximum absolute atomic E-state index is 12.7. The van der Waals surface area contributed by atoms with Gasteiger partial charge in [-0.2, -0.15) is 0 Å². The maximum atomic E-state index is 12.7. The van der Waals surface area contributed by atoms with Gasteiger partial charge in [0.25, 0.3) is 11.8 Å². The Morgan fingerprint density at radius 1 is 0.833 bits per heavy atom. The van der Waals surface area contributed by atoms with Crippen LogP contribution in [0.3, 0.4) is 0 Å². The number of fused-ring (bicyclic) bond motifs is 1. The summed E-state index contributed by atoms with van der Waals surface area (Å²) in [5.74, 6) is -2.95. The third-order valence-electron chi connectivity index (χ3n) is 3.48. The normalized spacial score (nSPS) is 13.4. The van der Waals surface area contributed by atoms with Crippen LogP contribution in [0.15, 0.2) is 24.3 Å². The van der Waals surface area contributed by atoms with Crippen LogP contribution in [0.2, 0.25) is 20.1 Å². The van der Waals surface area contributed by atoms with Crippen molar-refractivity contribution in [2.24, 2.45) is 0 Å². The minimum absolute atomic E-state index is 0.101. The number of para-hydroxylation sites is 1. The third-order valence-corrected chi connectivity index (χ3v) is 5.28. The van der Waals surface area contributed by atoms with Gasteiger partial charge in [0.05, 0.1) is 42.5 Å². The van der Waals surface area contributed by atoms with Crippen LogP contribution in [0.25, 0.3) is 0 Å². The van der Waals surface area contributed by atoms with E-state index in [-0.39, 0.29) is 42.5 Å². The number of aromatic carboxylic acids is 1. The SMILES string of the molecule is O=C(O)c1ccccc1N1C(=O)c2c(Cl)c(Cl)c(Cl)c(Cl)c2C1=O. The van der Waals surface area contributed by atoms with Gasteiger partial charge in [0.2, 0.25) is 0 Å². The molecule has 2 aromatic rings. The molecule has 0 unspecified atom stereocenters. The Morgan fingerprint density at radius 3 is 1.75 bits per heavy atom. The minimum Gasteiger partial charge on any atom is -0.478 e. The number of carboxylic acid groups (broad SMARTS) is 1. The molecule has 0 fully saturated rings. The molecule has 3 rings (SSSR count). The summed E-state index contributed by atoms with van der Waals surface area (Å²) in [7, 11) is 0. The molecule has 1 N–H and O–H groups in total. The number of nitrogens with zero attached hydrogens (tertiary/aromatic N) is 1. The van der Waals surface area contributed by atoms with E-state index in [9.17, 15) is 19.5 Å². The van der Waals surface area contributed by atoms with E-state index in [1.807, 2.05) is 0 Å². The highest BCUT2D eigenvalue weighted by molar-refractivity contribution is 6.56. The fourth-order valence-electron chi connectivity index (χ4n) is 2.42. The molecule has 0 radical (unpaired) electrons. The number of hydrogen-bond donors (Lipinski definition) is 1. The van der Waals surface area contributed by atoms with Gasteiger partial charge < -0.3 is 5.11 Å². The molecule has 2 aromatic carbocycles. The van der Waals surface area contributed by atoms with Crippen molar-refractivity contribution in [3.05, 3.63) is 61.0 Å². The zero-order chi connectivity index (χ0) is 17.8. The number of hydrogen-bond acceptors (Lipinski definition) is 3. The molecule has 122 valence electrons. The quantitative estimate of drug-likeness (QED) is 0.443. The van der Waals surface area contributed by atoms with Crippen LogP contribution < -0.4 is 4.90 Å². The summed E-state index contributed by atoms with van der Waals surface area (Å²) in [5.41, 5.74) is -0.741. The topological polar surface area (TPSA) is 74.7 Å². The van der Waals surface area contributed by atoms with Crippen molar-refractivity contribution in [2.45, 2.75) is 0 Å². The first-order chi connectivity index (χ1) is 11.3. The van der Waals surface area contributed by atoms with E-state index in [4.69, 9.17) is 46.4 Å². The summed E-state index contributed by atoms with van der Waals surface area (Å²) in [6, 6.07) is 5.56. The molecule has 0 bridgehead atoms. The van der Waals surface area contributed by atoms with Gasteiger partial charge in [0.15, 0.2) is 0 Å². The van der Waals surface area contributed by atoms with E-state index >= 15 is 0 Å². The summed E-state index contributed by atoms with van der Waals surface area (Å²) in [6.07, 6.45) is 0. The highest BCUT2D eigenvalue weighted by Gasteiger charge is 2.43. The first-order valence-electron chi connectivity index (χ1n) is 6.34. The molecule has 1 aliphatic heterocycles. The van der Waals surface area contributed by atoms with Gasteiger partial charge in [-0.25, -0.2) is 9.69 Å². The highest BCUT2D eigenvalue weighted by atomic mass is 35.5. The number of halogens is 4. The van der Waals surface area contributed by atoms with Gasteiger partial charge in [-0.05, 0) is 12.1 Å². The lowest BCUT2D eigenvalue weighted by atomic mass is 10.1. The molecule has 0 atom stereocenters. The smallest absolute Gasteiger partial charge is 0.337 e. The number of carboxylic acids is 1. The Kier molecular flexibility index (Phi) is 4.21. The Balaban J connectivity index is 2.29. The number of imide groups is 1. The first kappa shape index (κ1) is 17.0. The van der Waals surface area contributed by atoms with Gasteiger partial charge in [-0.15, -0.1) is 0 Å². The highest BCUT2D eigenvalue weighted by Crippen LogP contribution is 2.45. The van der Waals surface area contributed by atoms with E-state index < -0.39 is 17.8 Å². The molecule has 0 saturated carbocycles. The first-order valence-corrected chi connectivity index (χ1v) is 7.85. The Bertz CT molecular complexity index is 895. The summed E-state index contributed by atoms with van der Waals surface area (Å²) >= 11 is 23.9. The van der Waals surface area contributed by atoms with Crippen molar-refractivity contribution in [1.29, 1.82) is 0 Å². The lowest BCUT2D eigenvalue weighted by Crippen LogP contribution is -2.31. The van der Waals surface area contributed by atoms with Gasteiger partial charge >= 0.3 is 5.97 Å². The molecule has 2 amide bonds. The fraction of sp³-hybridized carbons (Fsp3) is 0. The van der Waals surface area contributed by atoms with Crippen LogP contribution in [0.5, 0.6) is 0 Å². The van der Waals surface area contributed by atoms with Crippen LogP contribution in [0.4, 0.5) is 5.69 Å². The van der Waals surface area contributed by atoms with Crippen molar-refractivity contribution in [3.63, 3.8) is 0 Å². The second kappa shape index (κ2) is 5.93. The van der Waals surface area contributed by atoms with Crippen LogP contribution >= 0.6 is 46.4 Å². The van der Waals surface area contributed by atoms with E-state index in [1.165, 1.54) is 24.3 Å². The number of carbonyl (C=O) groups excluding carboxylic acids is 2. The Hall–Kier alpha value is -1.79. The molecule has 0 aliphatic carbocycles. The third kappa shape index (κ3) is 2.28. The fourth-order valence-corrected chi connectivity index (χ4v) is 3.43. The van der Waals surface area contributed by atoms with E-state index in [1.54, 1.807) is 0 Å². The standard InChI is InChI=1S/C15H5Cl4NO4/c16-9-7-8(10(17)12(19)11(9)18)14(22)20(13(7)21)6-4-2-1-3-5(6)15(23)24/h1-4H,(H,23,24). The van der Waals surface area contributed by atoms with Crippen molar-refractivity contribution in [3.8, 4) is 0 Å². The minimum atomic E-state index is -1.30. The van der Waals surface area contributed by atoms with E-state index in [0.29, 0.717) is 4.90 Å². The lowest BCUT2D eigenvalue weighted by molar-refractivity contribution is 0.0698. The molecule has 0 saturated heterocycles. The molecule has 9 heteroatoms. The molecule has 1 heterocycles. The maximum Gasteiger partial charge on any atom is 0.337 e. The van der Waals surface area contributed by atoms with Gasteiger partial charge in [0.1, 0.15) is 0 Å². The van der Waals surface area contributed by atoms with Crippen LogP contribution in [-0.4, -0.2) is 22.9 Å². The van der Waals surface area contributed by atoms with Crippen molar-refractivity contribution in [1.82, 2.24) is 0 Å². The predicted octanol–water partition coefficient (Wildman–Crippen LogP) is 4.80. The molecule has 0 spiro atoms. The molecular weight excluding hydrogens is 400 g/mol. The number of anilines is 1. The van der Waals surface area contributed by atoms with Crippen LogP contribution in [0.1, 0.15) is 31.1 Å². The van der Waals surface area contributed by atoms with Crippen LogP contribution in [0, 0.1) is 0 Å². The summed E-state index contributed by atoms with van der Waals surface area (Å²) in [6.45, 7) is 0. The summed E-state index contributed by atoms with van der Waals surface area (Å²) in [4.78, 5) is 37.4. The molecule has 24 heavy (non-hydrogen) atoms. The van der Waals surface area contributed by atoms with E-state index in [0.717, 1.165) is 0 Å². The van der Waals surface area contributed by atoms with Gasteiger partial charge in [-0.3, -0.25) is 9.59 Å². The zero-order valence-electron chi connectivity index (χ0n) is 11.4.